The third-order valence-corrected chi connectivity index (χ3v) is 7.13. The van der Waals surface area contributed by atoms with Crippen molar-refractivity contribution in [3.05, 3.63) is 88.4 Å². The summed E-state index contributed by atoms with van der Waals surface area (Å²) in [5, 5.41) is 11.3. The minimum absolute atomic E-state index is 0.0229. The number of benzene rings is 3. The van der Waals surface area contributed by atoms with Crippen LogP contribution >= 0.6 is 23.2 Å². The number of carbonyl (C=O) groups excluding carboxylic acids is 3. The van der Waals surface area contributed by atoms with Crippen molar-refractivity contribution in [1.29, 1.82) is 0 Å². The molecule has 1 aliphatic heterocycles. The highest BCUT2D eigenvalue weighted by Crippen LogP contribution is 2.39. The van der Waals surface area contributed by atoms with E-state index < -0.39 is 36.2 Å². The van der Waals surface area contributed by atoms with Gasteiger partial charge in [0.2, 0.25) is 0 Å². The number of hydrogen-bond donors (Lipinski definition) is 1. The molecule has 3 aromatic rings. The van der Waals surface area contributed by atoms with Crippen LogP contribution in [0.3, 0.4) is 0 Å². The molecule has 38 heavy (non-hydrogen) atoms. The van der Waals surface area contributed by atoms with Gasteiger partial charge in [-0.2, -0.15) is 0 Å². The first kappa shape index (κ1) is 27.2. The summed E-state index contributed by atoms with van der Waals surface area (Å²) in [7, 11) is 0. The molecule has 0 radical (unpaired) electrons. The first-order valence-corrected chi connectivity index (χ1v) is 12.6. The lowest BCUT2D eigenvalue weighted by Crippen LogP contribution is -2.41. The molecule has 196 valence electrons. The van der Waals surface area contributed by atoms with Crippen molar-refractivity contribution in [3.8, 4) is 5.75 Å². The third kappa shape index (κ3) is 5.37. The monoisotopic (exact) mass is 554 g/mol. The maximum absolute atomic E-state index is 13.6. The number of nitrogens with zero attached hydrogens (tertiary/aromatic N) is 2. The van der Waals surface area contributed by atoms with Crippen molar-refractivity contribution in [3.63, 3.8) is 0 Å². The van der Waals surface area contributed by atoms with Crippen LogP contribution in [0.5, 0.6) is 5.75 Å². The molecule has 0 spiro atoms. The Morgan fingerprint density at radius 2 is 1.39 bits per heavy atom. The number of Topliss-reactive ketones (excluding diaryl/α,β-unsaturated/α-hetero) is 1. The SMILES string of the molecule is CCC(CC1C(=O)N(c2ccccc2)N(c2ccccc2)C1=O)C(=O)c1ccc(OCC(=O)O)c(Cl)c1Cl. The summed E-state index contributed by atoms with van der Waals surface area (Å²) >= 11 is 12.6. The smallest absolute Gasteiger partial charge is 0.341 e. The van der Waals surface area contributed by atoms with Gasteiger partial charge in [-0.1, -0.05) is 66.5 Å². The molecule has 2 amide bonds. The predicted octanol–water partition coefficient (Wildman–Crippen LogP) is 5.67. The van der Waals surface area contributed by atoms with Crippen molar-refractivity contribution >= 4 is 58.1 Å². The summed E-state index contributed by atoms with van der Waals surface area (Å²) in [5.41, 5.74) is 1.16. The zero-order valence-electron chi connectivity index (χ0n) is 20.3. The van der Waals surface area contributed by atoms with Crippen molar-refractivity contribution in [2.75, 3.05) is 16.6 Å². The van der Waals surface area contributed by atoms with Gasteiger partial charge in [-0.15, -0.1) is 0 Å². The average molecular weight is 555 g/mol. The maximum Gasteiger partial charge on any atom is 0.341 e. The van der Waals surface area contributed by atoms with E-state index in [-0.39, 0.29) is 33.6 Å². The number of hydrogen-bond acceptors (Lipinski definition) is 5. The molecule has 0 aliphatic carbocycles. The number of para-hydroxylation sites is 2. The molecular formula is C28H24Cl2N2O6. The number of carboxylic acids is 1. The van der Waals surface area contributed by atoms with Crippen molar-refractivity contribution in [2.24, 2.45) is 11.8 Å². The Kier molecular flexibility index (Phi) is 8.34. The van der Waals surface area contributed by atoms with Crippen molar-refractivity contribution in [1.82, 2.24) is 0 Å². The van der Waals surface area contributed by atoms with Gasteiger partial charge >= 0.3 is 5.97 Å². The molecule has 1 N–H and O–H groups in total. The number of aliphatic carboxylic acids is 1. The minimum atomic E-state index is -1.19. The second-order valence-electron chi connectivity index (χ2n) is 8.65. The van der Waals surface area contributed by atoms with Gasteiger partial charge < -0.3 is 9.84 Å². The fourth-order valence-corrected chi connectivity index (χ4v) is 4.83. The average Bonchev–Trinajstić information content (AvgIpc) is 3.17. The quantitative estimate of drug-likeness (QED) is 0.256. The second-order valence-corrected chi connectivity index (χ2v) is 9.41. The number of carboxylic acid groups (broad SMARTS) is 1. The van der Waals surface area contributed by atoms with Gasteiger partial charge in [0.15, 0.2) is 12.4 Å². The number of rotatable bonds is 10. The first-order valence-electron chi connectivity index (χ1n) is 11.9. The summed E-state index contributed by atoms with van der Waals surface area (Å²) in [6, 6.07) is 20.5. The lowest BCUT2D eigenvalue weighted by atomic mass is 9.86. The molecule has 0 bridgehead atoms. The highest BCUT2D eigenvalue weighted by molar-refractivity contribution is 6.44. The summed E-state index contributed by atoms with van der Waals surface area (Å²) in [5.74, 6) is -4.20. The first-order chi connectivity index (χ1) is 18.2. The minimum Gasteiger partial charge on any atom is -0.480 e. The molecule has 0 aromatic heterocycles. The van der Waals surface area contributed by atoms with E-state index in [4.69, 9.17) is 33.0 Å². The highest BCUT2D eigenvalue weighted by atomic mass is 35.5. The molecule has 1 unspecified atom stereocenters. The lowest BCUT2D eigenvalue weighted by molar-refractivity contribution is -0.139. The van der Waals surface area contributed by atoms with Crippen LogP contribution in [0.2, 0.25) is 10.0 Å². The Hall–Kier alpha value is -3.88. The topological polar surface area (TPSA) is 104 Å². The second kappa shape index (κ2) is 11.7. The largest absolute Gasteiger partial charge is 0.480 e. The molecule has 1 heterocycles. The fourth-order valence-electron chi connectivity index (χ4n) is 4.36. The standard InChI is InChI=1S/C28H24Cl2N2O6/c1-2-17(26(35)20-13-14-22(25(30)24(20)29)38-16-23(33)34)15-21-27(36)31(18-9-5-3-6-10-18)32(28(21)37)19-11-7-4-8-12-19/h3-14,17,21H,2,15-16H2,1H3,(H,33,34). The van der Waals surface area contributed by atoms with Crippen LogP contribution in [-0.2, 0) is 14.4 Å². The van der Waals surface area contributed by atoms with Crippen LogP contribution in [0.15, 0.2) is 72.8 Å². The zero-order valence-corrected chi connectivity index (χ0v) is 21.9. The van der Waals surface area contributed by atoms with E-state index in [1.807, 2.05) is 12.1 Å². The van der Waals surface area contributed by atoms with Crippen LogP contribution in [0, 0.1) is 11.8 Å². The molecular weight excluding hydrogens is 531 g/mol. The number of halogens is 2. The Labute approximate surface area is 229 Å². The van der Waals surface area contributed by atoms with E-state index in [1.165, 1.54) is 22.2 Å². The number of ketones is 1. The highest BCUT2D eigenvalue weighted by Gasteiger charge is 2.48. The maximum atomic E-state index is 13.6. The van der Waals surface area contributed by atoms with E-state index in [0.717, 1.165) is 0 Å². The van der Waals surface area contributed by atoms with Crippen molar-refractivity contribution in [2.45, 2.75) is 19.8 Å². The van der Waals surface area contributed by atoms with Crippen LogP contribution in [0.1, 0.15) is 30.1 Å². The Morgan fingerprint density at radius 3 is 1.87 bits per heavy atom. The van der Waals surface area contributed by atoms with E-state index in [9.17, 15) is 19.2 Å². The number of anilines is 2. The Morgan fingerprint density at radius 1 is 0.868 bits per heavy atom. The van der Waals surface area contributed by atoms with Gasteiger partial charge in [-0.3, -0.25) is 14.4 Å². The van der Waals surface area contributed by atoms with E-state index in [2.05, 4.69) is 0 Å². The summed E-state index contributed by atoms with van der Waals surface area (Å²) in [6.45, 7) is 1.17. The van der Waals surface area contributed by atoms with E-state index in [1.54, 1.807) is 55.5 Å². The van der Waals surface area contributed by atoms with Crippen molar-refractivity contribution < 1.29 is 29.0 Å². The van der Waals surface area contributed by atoms with Crippen LogP contribution < -0.4 is 14.8 Å². The molecule has 3 aromatic carbocycles. The number of hydrazine groups is 1. The molecule has 1 fully saturated rings. The third-order valence-electron chi connectivity index (χ3n) is 6.26. The summed E-state index contributed by atoms with van der Waals surface area (Å²) in [4.78, 5) is 51.6. The van der Waals surface area contributed by atoms with Crippen LogP contribution in [-0.4, -0.2) is 35.3 Å². The molecule has 1 aliphatic rings. The molecule has 1 atom stereocenters. The van der Waals surface area contributed by atoms with Gasteiger partial charge in [0.25, 0.3) is 11.8 Å². The fraction of sp³-hybridized carbons (Fsp3) is 0.214. The summed E-state index contributed by atoms with van der Waals surface area (Å²) in [6.07, 6.45) is 0.322. The Balaban J connectivity index is 1.63. The normalized spacial score (nSPS) is 14.6. The van der Waals surface area contributed by atoms with Gasteiger partial charge in [-0.25, -0.2) is 14.8 Å². The lowest BCUT2D eigenvalue weighted by Gasteiger charge is -2.27. The number of ether oxygens (including phenoxy) is 1. The molecule has 1 saturated heterocycles. The number of amides is 2. The zero-order chi connectivity index (χ0) is 27.4. The van der Waals surface area contributed by atoms with Gasteiger partial charge in [0, 0.05) is 11.5 Å². The summed E-state index contributed by atoms with van der Waals surface area (Å²) < 4.78 is 5.12. The molecule has 10 heteroatoms. The molecule has 0 saturated carbocycles. The van der Waals surface area contributed by atoms with Gasteiger partial charge in [0.1, 0.15) is 16.7 Å². The predicted molar refractivity (Wildman–Crippen MR) is 144 cm³/mol. The van der Waals surface area contributed by atoms with Crippen LogP contribution in [0.25, 0.3) is 0 Å². The van der Waals surface area contributed by atoms with E-state index in [0.29, 0.717) is 17.8 Å². The Bertz CT molecular complexity index is 1310. The van der Waals surface area contributed by atoms with Gasteiger partial charge in [-0.05, 0) is 49.2 Å². The van der Waals surface area contributed by atoms with E-state index >= 15 is 0 Å². The number of carbonyl (C=O) groups is 4. The van der Waals surface area contributed by atoms with Gasteiger partial charge in [0.05, 0.1) is 16.4 Å². The molecule has 8 nitrogen and oxygen atoms in total. The van der Waals surface area contributed by atoms with Crippen LogP contribution in [0.4, 0.5) is 11.4 Å². The molecule has 4 rings (SSSR count).